The summed E-state index contributed by atoms with van der Waals surface area (Å²) in [5.41, 5.74) is -0.0604. The average Bonchev–Trinajstić information content (AvgIpc) is 2.82. The predicted molar refractivity (Wildman–Crippen MR) is 79.0 cm³/mol. The molecule has 0 unspecified atom stereocenters. The molecule has 0 bridgehead atoms. The highest BCUT2D eigenvalue weighted by atomic mass is 32.1. The van der Waals surface area contributed by atoms with Gasteiger partial charge >= 0.3 is 5.97 Å². The number of thiophene rings is 1. The topological polar surface area (TPSA) is 55.8 Å². The molecule has 5 heteroatoms. The number of carboxylic acids is 1. The molecule has 0 amide bonds. The van der Waals surface area contributed by atoms with Crippen LogP contribution in [0.1, 0.15) is 48.2 Å². The highest BCUT2D eigenvalue weighted by Crippen LogP contribution is 2.37. The summed E-state index contributed by atoms with van der Waals surface area (Å²) in [4.78, 5) is 12.7. The Labute approximate surface area is 123 Å². The van der Waals surface area contributed by atoms with E-state index in [2.05, 4.69) is 20.8 Å². The second-order valence-corrected chi connectivity index (χ2v) is 7.28. The second kappa shape index (κ2) is 6.14. The van der Waals surface area contributed by atoms with Crippen molar-refractivity contribution >= 4 is 17.3 Å². The van der Waals surface area contributed by atoms with E-state index in [1.807, 2.05) is 6.07 Å². The van der Waals surface area contributed by atoms with Gasteiger partial charge in [0.1, 0.15) is 5.75 Å². The summed E-state index contributed by atoms with van der Waals surface area (Å²) < 4.78 is 11.1. The van der Waals surface area contributed by atoms with Crippen LogP contribution in [0.4, 0.5) is 0 Å². The van der Waals surface area contributed by atoms with E-state index in [4.69, 9.17) is 9.47 Å². The summed E-state index contributed by atoms with van der Waals surface area (Å²) in [5, 5.41) is 9.29. The molecule has 1 aromatic rings. The fraction of sp³-hybridized carbons (Fsp3) is 0.667. The highest BCUT2D eigenvalue weighted by Gasteiger charge is 2.24. The molecule has 0 atom stereocenters. The lowest BCUT2D eigenvalue weighted by Gasteiger charge is -2.22. The van der Waals surface area contributed by atoms with Crippen LogP contribution < -0.4 is 4.74 Å². The van der Waals surface area contributed by atoms with Crippen molar-refractivity contribution in [2.24, 2.45) is 5.92 Å². The number of hydrogen-bond acceptors (Lipinski definition) is 4. The standard InChI is InChI=1S/C15H22O4S/c1-15(2,3)12-8-11(13(20-12)14(16)17)19-9-10-4-6-18-7-5-10/h8,10H,4-7,9H2,1-3H3,(H,16,17). The van der Waals surface area contributed by atoms with Gasteiger partial charge in [0, 0.05) is 18.1 Å². The monoisotopic (exact) mass is 298 g/mol. The van der Waals surface area contributed by atoms with Crippen molar-refractivity contribution in [1.29, 1.82) is 0 Å². The van der Waals surface area contributed by atoms with Crippen molar-refractivity contribution in [3.63, 3.8) is 0 Å². The van der Waals surface area contributed by atoms with Crippen LogP contribution in [0.15, 0.2) is 6.07 Å². The zero-order valence-corrected chi connectivity index (χ0v) is 13.1. The number of ether oxygens (including phenoxy) is 2. The molecule has 112 valence electrons. The van der Waals surface area contributed by atoms with Gasteiger partial charge in [0.25, 0.3) is 0 Å². The van der Waals surface area contributed by atoms with Crippen molar-refractivity contribution in [3.8, 4) is 5.75 Å². The van der Waals surface area contributed by atoms with Gasteiger partial charge in [0.05, 0.1) is 6.61 Å². The molecule has 1 N–H and O–H groups in total. The maximum Gasteiger partial charge on any atom is 0.349 e. The predicted octanol–water partition coefficient (Wildman–Crippen LogP) is 3.55. The van der Waals surface area contributed by atoms with Crippen LogP contribution in [0.25, 0.3) is 0 Å². The van der Waals surface area contributed by atoms with E-state index in [0.29, 0.717) is 23.2 Å². The van der Waals surface area contributed by atoms with E-state index in [0.717, 1.165) is 30.9 Å². The van der Waals surface area contributed by atoms with Gasteiger partial charge in [-0.1, -0.05) is 20.8 Å². The summed E-state index contributed by atoms with van der Waals surface area (Å²) in [6, 6.07) is 1.88. The molecule has 1 saturated heterocycles. The molecule has 1 aliphatic heterocycles. The van der Waals surface area contributed by atoms with Gasteiger partial charge in [-0.25, -0.2) is 4.79 Å². The molecule has 1 aliphatic rings. The Morgan fingerprint density at radius 2 is 2.10 bits per heavy atom. The third-order valence-electron chi connectivity index (χ3n) is 3.45. The van der Waals surface area contributed by atoms with Gasteiger partial charge in [0.2, 0.25) is 0 Å². The first-order chi connectivity index (χ1) is 9.38. The van der Waals surface area contributed by atoms with Crippen molar-refractivity contribution in [2.45, 2.75) is 39.0 Å². The number of rotatable bonds is 4. The van der Waals surface area contributed by atoms with Crippen LogP contribution in [0.5, 0.6) is 5.75 Å². The van der Waals surface area contributed by atoms with Crippen molar-refractivity contribution in [2.75, 3.05) is 19.8 Å². The molecule has 0 saturated carbocycles. The van der Waals surface area contributed by atoms with Gasteiger partial charge in [-0.2, -0.15) is 0 Å². The normalized spacial score (nSPS) is 17.1. The summed E-state index contributed by atoms with van der Waals surface area (Å²) in [7, 11) is 0. The molecular weight excluding hydrogens is 276 g/mol. The molecule has 0 radical (unpaired) electrons. The van der Waals surface area contributed by atoms with Gasteiger partial charge in [-0.3, -0.25) is 0 Å². The van der Waals surface area contributed by atoms with E-state index in [1.54, 1.807) is 0 Å². The number of carboxylic acid groups (broad SMARTS) is 1. The average molecular weight is 298 g/mol. The minimum absolute atomic E-state index is 0.0604. The van der Waals surface area contributed by atoms with Crippen LogP contribution in [-0.2, 0) is 10.2 Å². The molecule has 4 nitrogen and oxygen atoms in total. The lowest BCUT2D eigenvalue weighted by molar-refractivity contribution is 0.0491. The van der Waals surface area contributed by atoms with E-state index >= 15 is 0 Å². The summed E-state index contributed by atoms with van der Waals surface area (Å²) >= 11 is 1.31. The van der Waals surface area contributed by atoms with Crippen LogP contribution in [0.2, 0.25) is 0 Å². The van der Waals surface area contributed by atoms with Crippen LogP contribution in [0, 0.1) is 5.92 Å². The lowest BCUT2D eigenvalue weighted by atomic mass is 9.95. The SMILES string of the molecule is CC(C)(C)c1cc(OCC2CCOCC2)c(C(=O)O)s1. The van der Waals surface area contributed by atoms with E-state index < -0.39 is 5.97 Å². The van der Waals surface area contributed by atoms with Gasteiger partial charge in [-0.15, -0.1) is 11.3 Å². The largest absolute Gasteiger partial charge is 0.491 e. The number of hydrogen-bond donors (Lipinski definition) is 1. The Morgan fingerprint density at radius 3 is 2.65 bits per heavy atom. The summed E-state index contributed by atoms with van der Waals surface area (Å²) in [6.07, 6.45) is 1.97. The van der Waals surface area contributed by atoms with Gasteiger partial charge in [-0.05, 0) is 30.2 Å². The maximum atomic E-state index is 11.3. The Kier molecular flexibility index (Phi) is 4.70. The van der Waals surface area contributed by atoms with Gasteiger partial charge in [0.15, 0.2) is 4.88 Å². The Bertz CT molecular complexity index is 467. The highest BCUT2D eigenvalue weighted by molar-refractivity contribution is 7.14. The quantitative estimate of drug-likeness (QED) is 0.923. The Balaban J connectivity index is 2.09. The maximum absolute atomic E-state index is 11.3. The number of carbonyl (C=O) groups is 1. The molecule has 0 aromatic carbocycles. The smallest absolute Gasteiger partial charge is 0.349 e. The van der Waals surface area contributed by atoms with Crippen LogP contribution in [-0.4, -0.2) is 30.9 Å². The first-order valence-electron chi connectivity index (χ1n) is 6.96. The third-order valence-corrected chi connectivity index (χ3v) is 4.98. The summed E-state index contributed by atoms with van der Waals surface area (Å²) in [5.74, 6) is 0.0646. The molecule has 0 spiro atoms. The Morgan fingerprint density at radius 1 is 1.45 bits per heavy atom. The van der Waals surface area contributed by atoms with E-state index in [9.17, 15) is 9.90 Å². The molecule has 1 fully saturated rings. The van der Waals surface area contributed by atoms with E-state index in [-0.39, 0.29) is 5.41 Å². The Hall–Kier alpha value is -1.07. The molecule has 2 heterocycles. The minimum Gasteiger partial charge on any atom is -0.491 e. The first-order valence-corrected chi connectivity index (χ1v) is 7.77. The first kappa shape index (κ1) is 15.3. The number of aromatic carboxylic acids is 1. The van der Waals surface area contributed by atoms with Gasteiger partial charge < -0.3 is 14.6 Å². The van der Waals surface area contributed by atoms with Crippen molar-refractivity contribution in [3.05, 3.63) is 15.8 Å². The fourth-order valence-electron chi connectivity index (χ4n) is 2.12. The molecule has 1 aromatic heterocycles. The minimum atomic E-state index is -0.910. The molecule has 20 heavy (non-hydrogen) atoms. The van der Waals surface area contributed by atoms with E-state index in [1.165, 1.54) is 11.3 Å². The van der Waals surface area contributed by atoms with Crippen molar-refractivity contribution < 1.29 is 19.4 Å². The molecule has 0 aliphatic carbocycles. The zero-order valence-electron chi connectivity index (χ0n) is 12.3. The van der Waals surface area contributed by atoms with Crippen LogP contribution in [0.3, 0.4) is 0 Å². The molecule has 2 rings (SSSR count). The summed E-state index contributed by atoms with van der Waals surface area (Å²) in [6.45, 7) is 8.35. The fourth-order valence-corrected chi connectivity index (χ4v) is 3.12. The van der Waals surface area contributed by atoms with Crippen molar-refractivity contribution in [1.82, 2.24) is 0 Å². The zero-order chi connectivity index (χ0) is 14.8. The molecular formula is C15H22O4S. The second-order valence-electron chi connectivity index (χ2n) is 6.23. The van der Waals surface area contributed by atoms with Crippen LogP contribution >= 0.6 is 11.3 Å². The lowest BCUT2D eigenvalue weighted by Crippen LogP contribution is -2.21. The third kappa shape index (κ3) is 3.73.